The first kappa shape index (κ1) is 14.1. The second-order valence-electron chi connectivity index (χ2n) is 4.47. The molecule has 0 aliphatic rings. The molecule has 0 bridgehead atoms. The molecule has 0 heterocycles. The molecule has 2 N–H and O–H groups in total. The summed E-state index contributed by atoms with van der Waals surface area (Å²) in [6.07, 6.45) is 0. The molecule has 0 saturated carbocycles. The van der Waals surface area contributed by atoms with E-state index >= 15 is 0 Å². The smallest absolute Gasteiger partial charge is 0.258 e. The molecule has 2 aromatic rings. The molecule has 0 aliphatic heterocycles. The molecule has 2 aromatic carbocycles. The highest BCUT2D eigenvalue weighted by molar-refractivity contribution is 6.05. The zero-order valence-electron chi connectivity index (χ0n) is 11.7. The summed E-state index contributed by atoms with van der Waals surface area (Å²) in [4.78, 5) is 14.1. The lowest BCUT2D eigenvalue weighted by Gasteiger charge is -2.18. The summed E-state index contributed by atoms with van der Waals surface area (Å²) in [6.45, 7) is 0.421. The summed E-state index contributed by atoms with van der Waals surface area (Å²) in [7, 11) is 3.35. The predicted octanol–water partition coefficient (Wildman–Crippen LogP) is 2.43. The van der Waals surface area contributed by atoms with Gasteiger partial charge in [0.1, 0.15) is 5.75 Å². The Hall–Kier alpha value is -2.33. The van der Waals surface area contributed by atoms with Crippen molar-refractivity contribution in [1.82, 2.24) is 0 Å². The quantitative estimate of drug-likeness (QED) is 0.928. The number of amides is 1. The molecule has 0 spiro atoms. The maximum atomic E-state index is 12.5. The number of anilines is 1. The highest BCUT2D eigenvalue weighted by Crippen LogP contribution is 2.21. The number of carbonyl (C=O) groups is 1. The van der Waals surface area contributed by atoms with Crippen LogP contribution in [0.2, 0.25) is 0 Å². The molecule has 0 atom stereocenters. The van der Waals surface area contributed by atoms with Gasteiger partial charge in [0.2, 0.25) is 0 Å². The van der Waals surface area contributed by atoms with E-state index in [1.54, 1.807) is 25.1 Å². The molecule has 0 saturated heterocycles. The van der Waals surface area contributed by atoms with Gasteiger partial charge < -0.3 is 15.4 Å². The summed E-state index contributed by atoms with van der Waals surface area (Å²) in [5.74, 6) is 0.645. The molecule has 0 aromatic heterocycles. The van der Waals surface area contributed by atoms with Crippen molar-refractivity contribution in [3.05, 3.63) is 59.7 Å². The van der Waals surface area contributed by atoms with Gasteiger partial charge in [-0.05, 0) is 29.8 Å². The van der Waals surface area contributed by atoms with Crippen molar-refractivity contribution in [3.63, 3.8) is 0 Å². The molecule has 0 unspecified atom stereocenters. The van der Waals surface area contributed by atoms with E-state index in [0.717, 1.165) is 17.0 Å². The third-order valence-corrected chi connectivity index (χ3v) is 3.15. The lowest BCUT2D eigenvalue weighted by atomic mass is 10.1. The van der Waals surface area contributed by atoms with E-state index in [9.17, 15) is 4.79 Å². The minimum atomic E-state index is -0.0754. The van der Waals surface area contributed by atoms with Gasteiger partial charge in [0.15, 0.2) is 0 Å². The summed E-state index contributed by atoms with van der Waals surface area (Å²) in [6, 6.07) is 14.7. The Morgan fingerprint density at radius 2 is 1.95 bits per heavy atom. The van der Waals surface area contributed by atoms with Crippen LogP contribution in [0.15, 0.2) is 48.5 Å². The fourth-order valence-corrected chi connectivity index (χ4v) is 1.96. The van der Waals surface area contributed by atoms with Crippen LogP contribution in [-0.4, -0.2) is 20.1 Å². The second-order valence-corrected chi connectivity index (χ2v) is 4.47. The summed E-state index contributed by atoms with van der Waals surface area (Å²) in [5.41, 5.74) is 7.95. The predicted molar refractivity (Wildman–Crippen MR) is 80.1 cm³/mol. The molecule has 20 heavy (non-hydrogen) atoms. The second kappa shape index (κ2) is 6.21. The van der Waals surface area contributed by atoms with Gasteiger partial charge in [0.25, 0.3) is 5.91 Å². The van der Waals surface area contributed by atoms with Crippen LogP contribution in [0.5, 0.6) is 5.75 Å². The van der Waals surface area contributed by atoms with E-state index in [1.807, 2.05) is 42.5 Å². The summed E-state index contributed by atoms with van der Waals surface area (Å²) < 4.78 is 5.17. The van der Waals surface area contributed by atoms with Gasteiger partial charge in [0.05, 0.1) is 7.11 Å². The Balaban J connectivity index is 2.27. The highest BCUT2D eigenvalue weighted by Gasteiger charge is 2.14. The monoisotopic (exact) mass is 270 g/mol. The van der Waals surface area contributed by atoms with E-state index < -0.39 is 0 Å². The number of nitrogens with zero attached hydrogens (tertiary/aromatic N) is 1. The minimum absolute atomic E-state index is 0.0754. The molecule has 4 heteroatoms. The number of ether oxygens (including phenoxy) is 1. The molecule has 4 nitrogen and oxygen atoms in total. The number of nitrogens with two attached hydrogens (primary N) is 1. The normalized spacial score (nSPS) is 10.2. The molecule has 1 amide bonds. The van der Waals surface area contributed by atoms with Crippen LogP contribution in [0.1, 0.15) is 15.9 Å². The topological polar surface area (TPSA) is 55.6 Å². The van der Waals surface area contributed by atoms with E-state index in [-0.39, 0.29) is 5.91 Å². The zero-order chi connectivity index (χ0) is 14.5. The Bertz CT molecular complexity index is 611. The van der Waals surface area contributed by atoms with Crippen molar-refractivity contribution in [2.45, 2.75) is 6.54 Å². The van der Waals surface area contributed by atoms with E-state index in [4.69, 9.17) is 10.5 Å². The molecule has 104 valence electrons. The number of benzene rings is 2. The minimum Gasteiger partial charge on any atom is -0.497 e. The summed E-state index contributed by atoms with van der Waals surface area (Å²) >= 11 is 0. The fraction of sp³-hybridized carbons (Fsp3) is 0.188. The maximum absolute atomic E-state index is 12.5. The highest BCUT2D eigenvalue weighted by atomic mass is 16.5. The van der Waals surface area contributed by atoms with Crippen molar-refractivity contribution in [2.24, 2.45) is 5.73 Å². The third kappa shape index (κ3) is 2.97. The van der Waals surface area contributed by atoms with Gasteiger partial charge >= 0.3 is 0 Å². The number of hydrogen-bond donors (Lipinski definition) is 1. The first-order valence-electron chi connectivity index (χ1n) is 6.37. The van der Waals surface area contributed by atoms with Crippen LogP contribution in [0.3, 0.4) is 0 Å². The van der Waals surface area contributed by atoms with Gasteiger partial charge in [-0.2, -0.15) is 0 Å². The number of methoxy groups -OCH3 is 1. The lowest BCUT2D eigenvalue weighted by molar-refractivity contribution is 0.0993. The molecular weight excluding hydrogens is 252 g/mol. The molecule has 0 fully saturated rings. The lowest BCUT2D eigenvalue weighted by Crippen LogP contribution is -2.26. The van der Waals surface area contributed by atoms with Gasteiger partial charge in [-0.3, -0.25) is 4.79 Å². The molecule has 0 aliphatic carbocycles. The Kier molecular flexibility index (Phi) is 4.38. The van der Waals surface area contributed by atoms with E-state index in [0.29, 0.717) is 12.1 Å². The van der Waals surface area contributed by atoms with Gasteiger partial charge in [-0.15, -0.1) is 0 Å². The molecule has 0 radical (unpaired) electrons. The largest absolute Gasteiger partial charge is 0.497 e. The number of carbonyl (C=O) groups excluding carboxylic acids is 1. The van der Waals surface area contributed by atoms with Crippen LogP contribution in [-0.2, 0) is 6.54 Å². The van der Waals surface area contributed by atoms with Gasteiger partial charge in [0, 0.05) is 30.9 Å². The van der Waals surface area contributed by atoms with Crippen molar-refractivity contribution in [2.75, 3.05) is 19.1 Å². The number of hydrogen-bond acceptors (Lipinski definition) is 3. The van der Waals surface area contributed by atoms with Crippen LogP contribution < -0.4 is 15.4 Å². The maximum Gasteiger partial charge on any atom is 0.258 e. The third-order valence-electron chi connectivity index (χ3n) is 3.15. The van der Waals surface area contributed by atoms with E-state index in [1.165, 1.54) is 0 Å². The average molecular weight is 270 g/mol. The standard InChI is InChI=1S/C16H18N2O2/c1-18(14-7-4-8-15(10-14)20-2)16(19)13-6-3-5-12(9-13)11-17/h3-10H,11,17H2,1-2H3. The SMILES string of the molecule is COc1cccc(N(C)C(=O)c2cccc(CN)c2)c1. The van der Waals surface area contributed by atoms with E-state index in [2.05, 4.69) is 0 Å². The first-order valence-corrected chi connectivity index (χ1v) is 6.37. The number of rotatable bonds is 4. The average Bonchev–Trinajstić information content (AvgIpc) is 2.53. The Morgan fingerprint density at radius 3 is 2.65 bits per heavy atom. The van der Waals surface area contributed by atoms with Crippen molar-refractivity contribution >= 4 is 11.6 Å². The van der Waals surface area contributed by atoms with Crippen LogP contribution >= 0.6 is 0 Å². The van der Waals surface area contributed by atoms with Crippen molar-refractivity contribution in [1.29, 1.82) is 0 Å². The van der Waals surface area contributed by atoms with Crippen LogP contribution in [0.4, 0.5) is 5.69 Å². The van der Waals surface area contributed by atoms with Gasteiger partial charge in [-0.1, -0.05) is 18.2 Å². The molecule has 2 rings (SSSR count). The van der Waals surface area contributed by atoms with Crippen molar-refractivity contribution < 1.29 is 9.53 Å². The van der Waals surface area contributed by atoms with Crippen LogP contribution in [0.25, 0.3) is 0 Å². The summed E-state index contributed by atoms with van der Waals surface area (Å²) in [5, 5.41) is 0. The van der Waals surface area contributed by atoms with Crippen molar-refractivity contribution in [3.8, 4) is 5.75 Å². The van der Waals surface area contributed by atoms with Gasteiger partial charge in [-0.25, -0.2) is 0 Å². The Morgan fingerprint density at radius 1 is 1.20 bits per heavy atom. The Labute approximate surface area is 118 Å². The zero-order valence-corrected chi connectivity index (χ0v) is 11.7. The first-order chi connectivity index (χ1) is 9.65. The van der Waals surface area contributed by atoms with Crippen LogP contribution in [0, 0.1) is 0 Å². The fourth-order valence-electron chi connectivity index (χ4n) is 1.96. The molecular formula is C16H18N2O2.